The van der Waals surface area contributed by atoms with Crippen molar-refractivity contribution in [3.05, 3.63) is 34.9 Å². The normalized spacial score (nSPS) is 20.3. The highest BCUT2D eigenvalue weighted by atomic mass is 35.5. The number of hydrogen-bond acceptors (Lipinski definition) is 3. The van der Waals surface area contributed by atoms with Crippen molar-refractivity contribution < 1.29 is 14.3 Å². The Hall–Kier alpha value is -1.55. The van der Waals surface area contributed by atoms with Crippen molar-refractivity contribution in [2.45, 2.75) is 19.8 Å². The third-order valence-corrected chi connectivity index (χ3v) is 3.62. The Balaban J connectivity index is 1.61. The minimum Gasteiger partial charge on any atom is -0.455 e. The zero-order valence-electron chi connectivity index (χ0n) is 11.4. The summed E-state index contributed by atoms with van der Waals surface area (Å²) in [5, 5.41) is 3.40. The first kappa shape index (κ1) is 14.9. The van der Waals surface area contributed by atoms with E-state index in [4.69, 9.17) is 16.3 Å². The number of carbonyl (C=O) groups is 2. The fraction of sp³-hybridized carbons (Fsp3) is 0.467. The zero-order chi connectivity index (χ0) is 14.5. The van der Waals surface area contributed by atoms with Crippen LogP contribution < -0.4 is 5.32 Å². The van der Waals surface area contributed by atoms with Crippen LogP contribution in [0, 0.1) is 11.8 Å². The summed E-state index contributed by atoms with van der Waals surface area (Å²) in [4.78, 5) is 23.0. The number of carbonyl (C=O) groups excluding carboxylic acids is 2. The van der Waals surface area contributed by atoms with Gasteiger partial charge in [-0.25, -0.2) is 0 Å². The van der Waals surface area contributed by atoms with Gasteiger partial charge in [-0.05, 0) is 36.5 Å². The molecule has 0 spiro atoms. The second-order valence-electron chi connectivity index (χ2n) is 5.16. The molecule has 20 heavy (non-hydrogen) atoms. The Morgan fingerprint density at radius 1 is 1.45 bits per heavy atom. The molecule has 0 saturated heterocycles. The molecule has 1 aromatic rings. The van der Waals surface area contributed by atoms with E-state index < -0.39 is 0 Å². The lowest BCUT2D eigenvalue weighted by Gasteiger charge is -2.06. The van der Waals surface area contributed by atoms with E-state index >= 15 is 0 Å². The van der Waals surface area contributed by atoms with E-state index in [1.165, 1.54) is 0 Å². The van der Waals surface area contributed by atoms with E-state index in [2.05, 4.69) is 5.32 Å². The van der Waals surface area contributed by atoms with Gasteiger partial charge >= 0.3 is 5.97 Å². The maximum absolute atomic E-state index is 11.5. The highest BCUT2D eigenvalue weighted by Crippen LogP contribution is 2.38. The molecule has 0 unspecified atom stereocenters. The maximum Gasteiger partial charge on any atom is 0.309 e. The smallest absolute Gasteiger partial charge is 0.309 e. The number of hydrogen-bond donors (Lipinski definition) is 1. The molecule has 0 bridgehead atoms. The average molecular weight is 296 g/mol. The molecule has 1 saturated carbocycles. The lowest BCUT2D eigenvalue weighted by atomic mass is 10.1. The van der Waals surface area contributed by atoms with E-state index in [0.29, 0.717) is 23.9 Å². The van der Waals surface area contributed by atoms with Crippen LogP contribution in [0.5, 0.6) is 0 Å². The summed E-state index contributed by atoms with van der Waals surface area (Å²) in [5.41, 5.74) is 1.06. The van der Waals surface area contributed by atoms with Crippen LogP contribution in [0.25, 0.3) is 0 Å². The monoisotopic (exact) mass is 295 g/mol. The van der Waals surface area contributed by atoms with E-state index in [0.717, 1.165) is 12.0 Å². The van der Waals surface area contributed by atoms with Crippen molar-refractivity contribution in [2.75, 3.05) is 13.2 Å². The SMILES string of the molecule is C[C@@H]1C[C@H]1C(=O)OCC(=O)NCCc1cccc(Cl)c1. The fourth-order valence-corrected chi connectivity index (χ4v) is 2.20. The van der Waals surface area contributed by atoms with E-state index in [-0.39, 0.29) is 24.4 Å². The van der Waals surface area contributed by atoms with Crippen molar-refractivity contribution in [2.24, 2.45) is 11.8 Å². The van der Waals surface area contributed by atoms with Crippen molar-refractivity contribution in [3.8, 4) is 0 Å². The Bertz CT molecular complexity index is 504. The quantitative estimate of drug-likeness (QED) is 0.819. The average Bonchev–Trinajstić information content (AvgIpc) is 3.13. The van der Waals surface area contributed by atoms with Crippen LogP contribution in [-0.2, 0) is 20.7 Å². The molecule has 1 N–H and O–H groups in total. The molecule has 5 heteroatoms. The van der Waals surface area contributed by atoms with Gasteiger partial charge in [0.1, 0.15) is 0 Å². The first-order chi connectivity index (χ1) is 9.56. The molecular weight excluding hydrogens is 278 g/mol. The molecule has 0 aliphatic heterocycles. The highest BCUT2D eigenvalue weighted by molar-refractivity contribution is 6.30. The molecule has 0 aromatic heterocycles. The lowest BCUT2D eigenvalue weighted by molar-refractivity contribution is -0.150. The van der Waals surface area contributed by atoms with Gasteiger partial charge in [0.2, 0.25) is 0 Å². The van der Waals surface area contributed by atoms with Crippen molar-refractivity contribution in [1.82, 2.24) is 5.32 Å². The third kappa shape index (κ3) is 4.53. The summed E-state index contributed by atoms with van der Waals surface area (Å²) in [7, 11) is 0. The molecule has 1 aromatic carbocycles. The summed E-state index contributed by atoms with van der Waals surface area (Å²) in [5.74, 6) is -0.140. The van der Waals surface area contributed by atoms with Crippen LogP contribution in [0.3, 0.4) is 0 Å². The molecule has 0 heterocycles. The van der Waals surface area contributed by atoms with E-state index in [1.54, 1.807) is 0 Å². The summed E-state index contributed by atoms with van der Waals surface area (Å²) < 4.78 is 4.95. The van der Waals surface area contributed by atoms with Gasteiger partial charge < -0.3 is 10.1 Å². The number of halogens is 1. The lowest BCUT2D eigenvalue weighted by Crippen LogP contribution is -2.30. The summed E-state index contributed by atoms with van der Waals surface area (Å²) in [6.45, 7) is 2.30. The topological polar surface area (TPSA) is 55.4 Å². The minimum atomic E-state index is -0.270. The first-order valence-electron chi connectivity index (χ1n) is 6.74. The second-order valence-corrected chi connectivity index (χ2v) is 5.59. The van der Waals surface area contributed by atoms with Gasteiger partial charge in [-0.15, -0.1) is 0 Å². The third-order valence-electron chi connectivity index (χ3n) is 3.38. The fourth-order valence-electron chi connectivity index (χ4n) is 1.98. The molecule has 0 radical (unpaired) electrons. The molecule has 1 aliphatic carbocycles. The van der Waals surface area contributed by atoms with Gasteiger partial charge in [0.25, 0.3) is 5.91 Å². The molecule has 2 rings (SSSR count). The van der Waals surface area contributed by atoms with Crippen molar-refractivity contribution in [1.29, 1.82) is 0 Å². The Kier molecular flexibility index (Phi) is 5.01. The van der Waals surface area contributed by atoms with Gasteiger partial charge in [-0.2, -0.15) is 0 Å². The molecular formula is C15H18ClNO3. The van der Waals surface area contributed by atoms with Crippen LogP contribution in [0.4, 0.5) is 0 Å². The molecule has 1 fully saturated rings. The van der Waals surface area contributed by atoms with Gasteiger partial charge in [-0.1, -0.05) is 30.7 Å². The first-order valence-corrected chi connectivity index (χ1v) is 7.12. The molecule has 1 aliphatic rings. The summed E-state index contributed by atoms with van der Waals surface area (Å²) in [6.07, 6.45) is 1.56. The van der Waals surface area contributed by atoms with Crippen LogP contribution in [0.1, 0.15) is 18.9 Å². The minimum absolute atomic E-state index is 0.00531. The molecule has 1 amide bonds. The number of esters is 1. The number of ether oxygens (including phenoxy) is 1. The van der Waals surface area contributed by atoms with Gasteiger partial charge in [0.15, 0.2) is 6.61 Å². The predicted molar refractivity (Wildman–Crippen MR) is 76.4 cm³/mol. The van der Waals surface area contributed by atoms with Gasteiger partial charge in [-0.3, -0.25) is 9.59 Å². The number of benzene rings is 1. The zero-order valence-corrected chi connectivity index (χ0v) is 12.2. The Morgan fingerprint density at radius 3 is 2.85 bits per heavy atom. The van der Waals surface area contributed by atoms with Crippen LogP contribution >= 0.6 is 11.6 Å². The Morgan fingerprint density at radius 2 is 2.20 bits per heavy atom. The number of amides is 1. The summed E-state index contributed by atoms with van der Waals surface area (Å²) >= 11 is 5.87. The molecule has 4 nitrogen and oxygen atoms in total. The van der Waals surface area contributed by atoms with Gasteiger partial charge in [0.05, 0.1) is 5.92 Å². The predicted octanol–water partition coefficient (Wildman–Crippen LogP) is 2.20. The number of rotatable bonds is 6. The highest BCUT2D eigenvalue weighted by Gasteiger charge is 2.40. The maximum atomic E-state index is 11.5. The second kappa shape index (κ2) is 6.75. The summed E-state index contributed by atoms with van der Waals surface area (Å²) in [6, 6.07) is 7.49. The van der Waals surface area contributed by atoms with Crippen molar-refractivity contribution >= 4 is 23.5 Å². The molecule has 108 valence electrons. The van der Waals surface area contributed by atoms with E-state index in [9.17, 15) is 9.59 Å². The van der Waals surface area contributed by atoms with E-state index in [1.807, 2.05) is 31.2 Å². The standard InChI is InChI=1S/C15H18ClNO3/c1-10-7-13(10)15(19)20-9-14(18)17-6-5-11-3-2-4-12(16)8-11/h2-4,8,10,13H,5-7,9H2,1H3,(H,17,18)/t10-,13-/m1/s1. The van der Waals surface area contributed by atoms with Crippen LogP contribution in [0.2, 0.25) is 5.02 Å². The molecule has 2 atom stereocenters. The number of nitrogens with one attached hydrogen (secondary N) is 1. The van der Waals surface area contributed by atoms with Gasteiger partial charge in [0, 0.05) is 11.6 Å². The largest absolute Gasteiger partial charge is 0.455 e. The van der Waals surface area contributed by atoms with Crippen molar-refractivity contribution in [3.63, 3.8) is 0 Å². The van der Waals surface area contributed by atoms with Crippen LogP contribution in [0.15, 0.2) is 24.3 Å². The Labute approximate surface area is 123 Å². The van der Waals surface area contributed by atoms with Crippen LogP contribution in [-0.4, -0.2) is 25.0 Å².